The van der Waals surface area contributed by atoms with Crippen molar-refractivity contribution < 1.29 is 13.6 Å². The highest BCUT2D eigenvalue weighted by molar-refractivity contribution is 7.98. The molecule has 0 aromatic heterocycles. The molecule has 6 nitrogen and oxygen atoms in total. The summed E-state index contributed by atoms with van der Waals surface area (Å²) < 4.78 is 23.5. The number of rotatable bonds is 3. The van der Waals surface area contributed by atoms with E-state index in [1.807, 2.05) is 29.4 Å². The van der Waals surface area contributed by atoms with Gasteiger partial charge in [-0.15, -0.1) is 11.8 Å². The first-order valence-corrected chi connectivity index (χ1v) is 9.63. The number of nitrogens with zero attached hydrogens (tertiary/aromatic N) is 2. The highest BCUT2D eigenvalue weighted by Crippen LogP contribution is 2.30. The van der Waals surface area contributed by atoms with Crippen LogP contribution in [0.5, 0.6) is 0 Å². The van der Waals surface area contributed by atoms with E-state index in [4.69, 9.17) is 10.9 Å². The molecule has 0 radical (unpaired) electrons. The molecule has 116 valence electrons. The molecule has 1 saturated heterocycles. The van der Waals surface area contributed by atoms with Crippen molar-refractivity contribution >= 4 is 33.1 Å². The first kappa shape index (κ1) is 16.0. The van der Waals surface area contributed by atoms with Gasteiger partial charge in [0.05, 0.1) is 17.1 Å². The number of hydrogen-bond donors (Lipinski definition) is 2. The smallest absolute Gasteiger partial charge is 0.173 e. The lowest BCUT2D eigenvalue weighted by Gasteiger charge is -2.25. The maximum Gasteiger partial charge on any atom is 0.173 e. The minimum absolute atomic E-state index is 0.0436. The number of thioether (sulfide) groups is 1. The molecule has 8 heteroatoms. The van der Waals surface area contributed by atoms with Crippen molar-refractivity contribution in [1.29, 1.82) is 0 Å². The average Bonchev–Trinajstić information content (AvgIpc) is 2.66. The van der Waals surface area contributed by atoms with E-state index in [2.05, 4.69) is 5.16 Å². The van der Waals surface area contributed by atoms with Crippen LogP contribution >= 0.6 is 11.8 Å². The van der Waals surface area contributed by atoms with Gasteiger partial charge in [0.1, 0.15) is 0 Å². The van der Waals surface area contributed by atoms with E-state index in [0.29, 0.717) is 25.1 Å². The number of anilines is 1. The van der Waals surface area contributed by atoms with Crippen LogP contribution in [0.2, 0.25) is 0 Å². The van der Waals surface area contributed by atoms with Crippen LogP contribution in [0.3, 0.4) is 0 Å². The number of oxime groups is 1. The van der Waals surface area contributed by atoms with Crippen LogP contribution in [0.1, 0.15) is 12.0 Å². The van der Waals surface area contributed by atoms with Gasteiger partial charge < -0.3 is 15.8 Å². The summed E-state index contributed by atoms with van der Waals surface area (Å²) in [5.74, 6) is 0.388. The predicted molar refractivity (Wildman–Crippen MR) is 86.2 cm³/mol. The standard InChI is InChI=1S/C13H19N3O3S2/c1-20-11-5-2-4-10(12(11)13(14)15-17)16-6-3-8-21(18,19)9-7-16/h2,4-5,17H,3,6-9H2,1H3,(H2,14,15). The molecule has 0 saturated carbocycles. The minimum Gasteiger partial charge on any atom is -0.409 e. The lowest BCUT2D eigenvalue weighted by molar-refractivity contribution is 0.318. The molecule has 0 atom stereocenters. The minimum atomic E-state index is -2.97. The van der Waals surface area contributed by atoms with Crippen LogP contribution in [0.15, 0.2) is 28.3 Å². The van der Waals surface area contributed by atoms with Crippen molar-refractivity contribution in [3.8, 4) is 0 Å². The fourth-order valence-electron chi connectivity index (χ4n) is 2.44. The zero-order chi connectivity index (χ0) is 15.5. The molecule has 0 amide bonds. The lowest BCUT2D eigenvalue weighted by atomic mass is 10.1. The number of hydrogen-bond acceptors (Lipinski definition) is 6. The molecular weight excluding hydrogens is 310 g/mol. The molecule has 1 fully saturated rings. The van der Waals surface area contributed by atoms with Crippen LogP contribution in [0.4, 0.5) is 5.69 Å². The van der Waals surface area contributed by atoms with E-state index in [9.17, 15) is 8.42 Å². The SMILES string of the molecule is CSc1cccc(N2CCCS(=O)(=O)CC2)c1/C(N)=N/O. The van der Waals surface area contributed by atoms with Crippen molar-refractivity contribution in [2.45, 2.75) is 11.3 Å². The number of nitrogens with two attached hydrogens (primary N) is 1. The van der Waals surface area contributed by atoms with Gasteiger partial charge in [-0.1, -0.05) is 11.2 Å². The molecule has 0 spiro atoms. The van der Waals surface area contributed by atoms with Crippen molar-refractivity contribution in [1.82, 2.24) is 0 Å². The van der Waals surface area contributed by atoms with E-state index < -0.39 is 9.84 Å². The molecular formula is C13H19N3O3S2. The van der Waals surface area contributed by atoms with Crippen LogP contribution < -0.4 is 10.6 Å². The zero-order valence-electron chi connectivity index (χ0n) is 11.8. The Labute approximate surface area is 128 Å². The third-order valence-corrected chi connectivity index (χ3v) is 5.98. The fourth-order valence-corrected chi connectivity index (χ4v) is 4.34. The summed E-state index contributed by atoms with van der Waals surface area (Å²) in [6, 6.07) is 5.68. The summed E-state index contributed by atoms with van der Waals surface area (Å²) in [7, 11) is -2.97. The summed E-state index contributed by atoms with van der Waals surface area (Å²) in [6.07, 6.45) is 2.50. The largest absolute Gasteiger partial charge is 0.409 e. The van der Waals surface area contributed by atoms with Crippen molar-refractivity contribution in [3.63, 3.8) is 0 Å². The quantitative estimate of drug-likeness (QED) is 0.284. The first-order valence-electron chi connectivity index (χ1n) is 6.59. The summed E-state index contributed by atoms with van der Waals surface area (Å²) in [6.45, 7) is 1.06. The molecule has 3 N–H and O–H groups in total. The predicted octanol–water partition coefficient (Wildman–Crippen LogP) is 1.13. The third-order valence-electron chi connectivity index (χ3n) is 3.48. The second-order valence-corrected chi connectivity index (χ2v) is 7.98. The molecule has 0 unspecified atom stereocenters. The molecule has 1 heterocycles. The Morgan fingerprint density at radius 2 is 2.14 bits per heavy atom. The number of sulfone groups is 1. The fraction of sp³-hybridized carbons (Fsp3) is 0.462. The van der Waals surface area contributed by atoms with Gasteiger partial charge in [0.15, 0.2) is 15.7 Å². The molecule has 2 rings (SSSR count). The van der Waals surface area contributed by atoms with Crippen molar-refractivity contribution in [2.24, 2.45) is 10.9 Å². The van der Waals surface area contributed by atoms with Gasteiger partial charge in [-0.05, 0) is 24.8 Å². The van der Waals surface area contributed by atoms with E-state index in [-0.39, 0.29) is 17.3 Å². The van der Waals surface area contributed by atoms with E-state index in [1.54, 1.807) is 0 Å². The summed E-state index contributed by atoms with van der Waals surface area (Å²) in [5, 5.41) is 12.1. The van der Waals surface area contributed by atoms with Crippen LogP contribution in [-0.2, 0) is 9.84 Å². The average molecular weight is 329 g/mol. The number of amidine groups is 1. The normalized spacial score (nSPS) is 19.3. The zero-order valence-corrected chi connectivity index (χ0v) is 13.5. The summed E-state index contributed by atoms with van der Waals surface area (Å²) in [5.41, 5.74) is 7.29. The molecule has 1 aromatic rings. The van der Waals surface area contributed by atoms with Crippen LogP contribution in [0.25, 0.3) is 0 Å². The van der Waals surface area contributed by atoms with E-state index in [1.165, 1.54) is 11.8 Å². The Bertz CT molecular complexity index is 644. The van der Waals surface area contributed by atoms with Gasteiger partial charge >= 0.3 is 0 Å². The van der Waals surface area contributed by atoms with Crippen LogP contribution in [-0.4, -0.2) is 50.3 Å². The maximum atomic E-state index is 11.7. The van der Waals surface area contributed by atoms with Gasteiger partial charge in [0.25, 0.3) is 0 Å². The van der Waals surface area contributed by atoms with Gasteiger partial charge in [-0.25, -0.2) is 8.42 Å². The molecule has 0 aliphatic carbocycles. The summed E-state index contributed by atoms with van der Waals surface area (Å²) >= 11 is 1.51. The van der Waals surface area contributed by atoms with Crippen molar-refractivity contribution in [2.75, 3.05) is 35.8 Å². The topological polar surface area (TPSA) is 96.0 Å². The Morgan fingerprint density at radius 1 is 1.38 bits per heavy atom. The Balaban J connectivity index is 2.44. The summed E-state index contributed by atoms with van der Waals surface area (Å²) in [4.78, 5) is 2.90. The Kier molecular flexibility index (Phi) is 5.00. The van der Waals surface area contributed by atoms with E-state index in [0.717, 1.165) is 10.6 Å². The van der Waals surface area contributed by atoms with Gasteiger partial charge in [0.2, 0.25) is 0 Å². The third kappa shape index (κ3) is 3.62. The molecule has 1 aliphatic rings. The van der Waals surface area contributed by atoms with Gasteiger partial charge in [-0.2, -0.15) is 0 Å². The lowest BCUT2D eigenvalue weighted by Crippen LogP contribution is -2.30. The molecule has 1 aromatic carbocycles. The Morgan fingerprint density at radius 3 is 2.81 bits per heavy atom. The first-order chi connectivity index (χ1) is 9.98. The van der Waals surface area contributed by atoms with Crippen molar-refractivity contribution in [3.05, 3.63) is 23.8 Å². The second-order valence-electron chi connectivity index (χ2n) is 4.83. The second kappa shape index (κ2) is 6.57. The van der Waals surface area contributed by atoms with E-state index >= 15 is 0 Å². The molecule has 21 heavy (non-hydrogen) atoms. The molecule has 0 bridgehead atoms. The molecule has 1 aliphatic heterocycles. The number of benzene rings is 1. The van der Waals surface area contributed by atoms with Crippen LogP contribution in [0, 0.1) is 0 Å². The Hall–Kier alpha value is -1.41. The maximum absolute atomic E-state index is 11.7. The highest BCUT2D eigenvalue weighted by Gasteiger charge is 2.23. The van der Waals surface area contributed by atoms with Gasteiger partial charge in [-0.3, -0.25) is 0 Å². The highest BCUT2D eigenvalue weighted by atomic mass is 32.2. The monoisotopic (exact) mass is 329 g/mol. The van der Waals surface area contributed by atoms with Gasteiger partial charge in [0, 0.05) is 23.7 Å².